The van der Waals surface area contributed by atoms with E-state index in [1.807, 2.05) is 0 Å². The number of sulfone groups is 1. The van der Waals surface area contributed by atoms with E-state index in [0.29, 0.717) is 12.8 Å². The molecule has 2 aromatic rings. The summed E-state index contributed by atoms with van der Waals surface area (Å²) in [4.78, 5) is 25.9. The topological polar surface area (TPSA) is 125 Å². The minimum Gasteiger partial charge on any atom is -0.381 e. The second-order valence-electron chi connectivity index (χ2n) is 10.6. The predicted octanol–water partition coefficient (Wildman–Crippen LogP) is 2.78. The molecule has 0 bridgehead atoms. The normalized spacial score (nSPS) is 16.6. The summed E-state index contributed by atoms with van der Waals surface area (Å²) in [6.45, 7) is 2.65. The molecule has 40 heavy (non-hydrogen) atoms. The summed E-state index contributed by atoms with van der Waals surface area (Å²) in [6, 6.07) is 7.81. The summed E-state index contributed by atoms with van der Waals surface area (Å²) in [6.07, 6.45) is -5.45. The minimum atomic E-state index is -4.97. The van der Waals surface area contributed by atoms with Crippen LogP contribution in [0.5, 0.6) is 0 Å². The number of nitrogens with one attached hydrogen (secondary N) is 3. The number of rotatable bonds is 13. The van der Waals surface area contributed by atoms with Gasteiger partial charge in [-0.1, -0.05) is 42.5 Å². The number of aliphatic hydroxyl groups is 1. The van der Waals surface area contributed by atoms with Crippen molar-refractivity contribution in [1.82, 2.24) is 16.0 Å². The molecule has 1 fully saturated rings. The van der Waals surface area contributed by atoms with Crippen LogP contribution in [-0.4, -0.2) is 60.7 Å². The molecule has 1 saturated carbocycles. The van der Waals surface area contributed by atoms with Gasteiger partial charge in [0.2, 0.25) is 5.91 Å². The number of hydrogen-bond donors (Lipinski definition) is 4. The number of aliphatic hydroxyl groups excluding tert-OH is 1. The molecule has 3 rings (SSSR count). The molecular formula is C27H33F4N3O5S. The number of benzene rings is 2. The van der Waals surface area contributed by atoms with E-state index in [4.69, 9.17) is 0 Å². The van der Waals surface area contributed by atoms with Crippen molar-refractivity contribution in [1.29, 1.82) is 0 Å². The number of halogens is 4. The maximum absolute atomic E-state index is 14.0. The molecule has 0 radical (unpaired) electrons. The van der Waals surface area contributed by atoms with Gasteiger partial charge >= 0.3 is 6.18 Å². The molecular weight excluding hydrogens is 554 g/mol. The van der Waals surface area contributed by atoms with Crippen LogP contribution in [0.1, 0.15) is 43.9 Å². The van der Waals surface area contributed by atoms with Gasteiger partial charge < -0.3 is 15.7 Å². The van der Waals surface area contributed by atoms with Crippen molar-refractivity contribution < 1.29 is 40.7 Å². The highest BCUT2D eigenvalue weighted by molar-refractivity contribution is 7.91. The van der Waals surface area contributed by atoms with E-state index in [1.165, 1.54) is 13.8 Å². The molecule has 2 aromatic carbocycles. The highest BCUT2D eigenvalue weighted by atomic mass is 32.2. The molecule has 220 valence electrons. The molecule has 1 unspecified atom stereocenters. The van der Waals surface area contributed by atoms with Crippen LogP contribution < -0.4 is 16.0 Å². The summed E-state index contributed by atoms with van der Waals surface area (Å²) in [7, 11) is -3.97. The Morgan fingerprint density at radius 3 is 2.15 bits per heavy atom. The van der Waals surface area contributed by atoms with Gasteiger partial charge in [-0.05, 0) is 55.9 Å². The summed E-state index contributed by atoms with van der Waals surface area (Å²) >= 11 is 0. The standard InChI is InChI=1S/C27H33F4N3O5S/c1-26(2,23(35)25(37)32-14-17-6-4-3-5-7-17)34-24(36)21(16-40(38,39)15-18-8-9-18)33-22(27(29,30)31)19-10-12-20(28)13-11-19/h3-7,10-13,18,21-23,33,35H,8-9,14-16H2,1-2H3,(H,32,37)(H,34,36)/t21-,22-,23?/m0/s1. The Hall–Kier alpha value is -3.03. The lowest BCUT2D eigenvalue weighted by molar-refractivity contribution is -0.160. The molecule has 0 aliphatic heterocycles. The molecule has 3 atom stereocenters. The quantitative estimate of drug-likeness (QED) is 0.267. The third-order valence-electron chi connectivity index (χ3n) is 6.51. The van der Waals surface area contributed by atoms with Crippen LogP contribution >= 0.6 is 0 Å². The second-order valence-corrected chi connectivity index (χ2v) is 12.7. The van der Waals surface area contributed by atoms with Crippen LogP contribution in [0.3, 0.4) is 0 Å². The van der Waals surface area contributed by atoms with Crippen LogP contribution in [0.4, 0.5) is 17.6 Å². The molecule has 0 saturated heterocycles. The maximum Gasteiger partial charge on any atom is 0.407 e. The van der Waals surface area contributed by atoms with E-state index in [-0.39, 0.29) is 18.2 Å². The summed E-state index contributed by atoms with van der Waals surface area (Å²) in [5, 5.41) is 17.6. The molecule has 1 aliphatic carbocycles. The fourth-order valence-corrected chi connectivity index (χ4v) is 6.03. The predicted molar refractivity (Wildman–Crippen MR) is 140 cm³/mol. The molecule has 0 aromatic heterocycles. The van der Waals surface area contributed by atoms with Crippen LogP contribution in [0.15, 0.2) is 54.6 Å². The molecule has 0 heterocycles. The SMILES string of the molecule is CC(C)(NC(=O)[C@H](CS(=O)(=O)CC1CC1)N[C@@H](c1ccc(F)cc1)C(F)(F)F)C(O)C(=O)NCc1ccccc1. The van der Waals surface area contributed by atoms with E-state index in [1.54, 1.807) is 30.3 Å². The highest BCUT2D eigenvalue weighted by Gasteiger charge is 2.45. The largest absolute Gasteiger partial charge is 0.407 e. The molecule has 13 heteroatoms. The fourth-order valence-electron chi connectivity index (χ4n) is 4.08. The van der Waals surface area contributed by atoms with Gasteiger partial charge in [0.15, 0.2) is 15.9 Å². The molecule has 4 N–H and O–H groups in total. The molecule has 0 spiro atoms. The van der Waals surface area contributed by atoms with E-state index < -0.39 is 68.7 Å². The van der Waals surface area contributed by atoms with Gasteiger partial charge in [0, 0.05) is 6.54 Å². The van der Waals surface area contributed by atoms with Crippen molar-refractivity contribution in [2.75, 3.05) is 11.5 Å². The van der Waals surface area contributed by atoms with Crippen molar-refractivity contribution in [2.45, 2.75) is 63.1 Å². The first kappa shape index (κ1) is 31.5. The van der Waals surface area contributed by atoms with Crippen molar-refractivity contribution >= 4 is 21.7 Å². The molecule has 2 amide bonds. The summed E-state index contributed by atoms with van der Waals surface area (Å²) in [5.41, 5.74) is -1.37. The van der Waals surface area contributed by atoms with Crippen LogP contribution in [0.2, 0.25) is 0 Å². The average Bonchev–Trinajstić information content (AvgIpc) is 3.68. The van der Waals surface area contributed by atoms with Gasteiger partial charge in [-0.3, -0.25) is 14.9 Å². The Morgan fingerprint density at radius 1 is 1.00 bits per heavy atom. The smallest absolute Gasteiger partial charge is 0.381 e. The van der Waals surface area contributed by atoms with Gasteiger partial charge in [0.05, 0.1) is 17.0 Å². The van der Waals surface area contributed by atoms with E-state index >= 15 is 0 Å². The van der Waals surface area contributed by atoms with Gasteiger partial charge in [0.1, 0.15) is 17.9 Å². The van der Waals surface area contributed by atoms with Gasteiger partial charge in [-0.15, -0.1) is 0 Å². The lowest BCUT2D eigenvalue weighted by Gasteiger charge is -2.34. The zero-order chi connectivity index (χ0) is 29.7. The number of carbonyl (C=O) groups is 2. The third kappa shape index (κ3) is 9.27. The number of amides is 2. The van der Waals surface area contributed by atoms with Crippen molar-refractivity contribution in [3.8, 4) is 0 Å². The van der Waals surface area contributed by atoms with E-state index in [9.17, 15) is 40.7 Å². The lowest BCUT2D eigenvalue weighted by Crippen LogP contribution is -2.62. The number of alkyl halides is 3. The lowest BCUT2D eigenvalue weighted by atomic mass is 9.95. The van der Waals surface area contributed by atoms with Crippen molar-refractivity contribution in [3.05, 3.63) is 71.5 Å². The van der Waals surface area contributed by atoms with E-state index in [2.05, 4.69) is 16.0 Å². The molecule has 1 aliphatic rings. The van der Waals surface area contributed by atoms with Crippen molar-refractivity contribution in [3.63, 3.8) is 0 Å². The van der Waals surface area contributed by atoms with Gasteiger partial charge in [-0.2, -0.15) is 13.2 Å². The second kappa shape index (κ2) is 12.6. The number of carbonyl (C=O) groups excluding carboxylic acids is 2. The monoisotopic (exact) mass is 587 g/mol. The Balaban J connectivity index is 1.79. The Kier molecular flexibility index (Phi) is 9.96. The zero-order valence-electron chi connectivity index (χ0n) is 22.0. The van der Waals surface area contributed by atoms with Gasteiger partial charge in [-0.25, -0.2) is 12.8 Å². The zero-order valence-corrected chi connectivity index (χ0v) is 22.9. The van der Waals surface area contributed by atoms with E-state index in [0.717, 1.165) is 29.8 Å². The maximum atomic E-state index is 14.0. The van der Waals surface area contributed by atoms with Crippen LogP contribution in [-0.2, 0) is 26.0 Å². The molecule has 8 nitrogen and oxygen atoms in total. The van der Waals surface area contributed by atoms with Gasteiger partial charge in [0.25, 0.3) is 5.91 Å². The van der Waals surface area contributed by atoms with Crippen LogP contribution in [0, 0.1) is 11.7 Å². The first-order valence-corrected chi connectivity index (χ1v) is 14.5. The fraction of sp³-hybridized carbons (Fsp3) is 0.481. The first-order chi connectivity index (χ1) is 18.6. The summed E-state index contributed by atoms with van der Waals surface area (Å²) < 4.78 is 81.1. The average molecular weight is 588 g/mol. The minimum absolute atomic E-state index is 0.0787. The number of hydrogen-bond acceptors (Lipinski definition) is 6. The van der Waals surface area contributed by atoms with Crippen LogP contribution in [0.25, 0.3) is 0 Å². The highest BCUT2D eigenvalue weighted by Crippen LogP contribution is 2.34. The summed E-state index contributed by atoms with van der Waals surface area (Å²) in [5.74, 6) is -4.12. The Morgan fingerprint density at radius 2 is 1.60 bits per heavy atom. The first-order valence-electron chi connectivity index (χ1n) is 12.7. The Bertz CT molecular complexity index is 1270. The van der Waals surface area contributed by atoms with Crippen molar-refractivity contribution in [2.24, 2.45) is 5.92 Å². The Labute approximate surface area is 230 Å². The third-order valence-corrected chi connectivity index (χ3v) is 8.33.